The molecule has 15 heavy (non-hydrogen) atoms. The molecule has 0 saturated heterocycles. The number of rotatable bonds is 6. The van der Waals surface area contributed by atoms with Gasteiger partial charge in [0.05, 0.1) is 12.0 Å². The minimum Gasteiger partial charge on any atom is -0.480 e. The summed E-state index contributed by atoms with van der Waals surface area (Å²) in [6, 6.07) is 1.18. The predicted octanol–water partition coefficient (Wildman–Crippen LogP) is 0.469. The van der Waals surface area contributed by atoms with Crippen molar-refractivity contribution in [3.05, 3.63) is 0 Å². The van der Waals surface area contributed by atoms with E-state index in [0.717, 1.165) is 0 Å². The molecule has 84 valence electrons. The molecular weight excluding hydrogens is 216 g/mol. The van der Waals surface area contributed by atoms with Crippen LogP contribution in [0.25, 0.3) is 0 Å². The molecule has 0 rings (SSSR count). The van der Waals surface area contributed by atoms with Gasteiger partial charge in [-0.1, -0.05) is 0 Å². The molecule has 0 spiro atoms. The van der Waals surface area contributed by atoms with E-state index in [-0.39, 0.29) is 17.6 Å². The number of amides is 1. The third-order valence-corrected chi connectivity index (χ3v) is 2.85. The van der Waals surface area contributed by atoms with E-state index >= 15 is 0 Å². The number of aliphatic carboxylic acids is 1. The van der Waals surface area contributed by atoms with Crippen molar-refractivity contribution >= 4 is 23.6 Å². The lowest BCUT2D eigenvalue weighted by Gasteiger charge is -2.12. The van der Waals surface area contributed by atoms with Gasteiger partial charge in [0.1, 0.15) is 6.04 Å². The van der Waals surface area contributed by atoms with Crippen LogP contribution in [0.4, 0.5) is 0 Å². The van der Waals surface area contributed by atoms with Crippen LogP contribution < -0.4 is 5.32 Å². The summed E-state index contributed by atoms with van der Waals surface area (Å²) >= 11 is 1.35. The molecule has 0 fully saturated rings. The van der Waals surface area contributed by atoms with Crippen LogP contribution in [-0.2, 0) is 9.59 Å². The second-order valence-electron chi connectivity index (χ2n) is 3.16. The summed E-state index contributed by atoms with van der Waals surface area (Å²) in [4.78, 5) is 21.4. The van der Waals surface area contributed by atoms with Crippen molar-refractivity contribution in [2.75, 3.05) is 11.5 Å². The number of nitrogens with zero attached hydrogens (tertiary/aromatic N) is 1. The smallest absolute Gasteiger partial charge is 0.327 e. The largest absolute Gasteiger partial charge is 0.480 e. The summed E-state index contributed by atoms with van der Waals surface area (Å²) in [6.07, 6.45) is 0. The van der Waals surface area contributed by atoms with E-state index in [1.54, 1.807) is 6.92 Å². The highest BCUT2D eigenvalue weighted by Crippen LogP contribution is 2.09. The Morgan fingerprint density at radius 2 is 2.13 bits per heavy atom. The summed E-state index contributed by atoms with van der Waals surface area (Å²) in [5.74, 6) is -0.679. The van der Waals surface area contributed by atoms with Gasteiger partial charge in [0.25, 0.3) is 0 Å². The Morgan fingerprint density at radius 1 is 1.53 bits per heavy atom. The standard InChI is InChI=1S/C9H14N2O3S/c1-6(3-10)4-15-5-8(9(13)14)11-7(2)12/h6,8H,4-5H2,1-2H3,(H,11,12)(H,13,14)/t6?,8-/m0/s1. The van der Waals surface area contributed by atoms with E-state index < -0.39 is 12.0 Å². The Labute approximate surface area is 92.8 Å². The van der Waals surface area contributed by atoms with Crippen molar-refractivity contribution in [1.82, 2.24) is 5.32 Å². The number of hydrogen-bond donors (Lipinski definition) is 2. The highest BCUT2D eigenvalue weighted by Gasteiger charge is 2.18. The highest BCUT2D eigenvalue weighted by atomic mass is 32.2. The summed E-state index contributed by atoms with van der Waals surface area (Å²) in [7, 11) is 0. The van der Waals surface area contributed by atoms with Crippen LogP contribution in [0.5, 0.6) is 0 Å². The van der Waals surface area contributed by atoms with E-state index in [4.69, 9.17) is 10.4 Å². The van der Waals surface area contributed by atoms with Crippen LogP contribution >= 0.6 is 11.8 Å². The van der Waals surface area contributed by atoms with Crippen LogP contribution in [0.3, 0.4) is 0 Å². The van der Waals surface area contributed by atoms with Crippen LogP contribution in [0.2, 0.25) is 0 Å². The first kappa shape index (κ1) is 13.8. The van der Waals surface area contributed by atoms with Crippen molar-refractivity contribution in [1.29, 1.82) is 5.26 Å². The zero-order chi connectivity index (χ0) is 11.8. The average Bonchev–Trinajstić information content (AvgIpc) is 2.15. The van der Waals surface area contributed by atoms with Gasteiger partial charge >= 0.3 is 5.97 Å². The van der Waals surface area contributed by atoms with Gasteiger partial charge in [-0.05, 0) is 6.92 Å². The first-order chi connectivity index (χ1) is 6.97. The highest BCUT2D eigenvalue weighted by molar-refractivity contribution is 7.99. The number of carbonyl (C=O) groups is 2. The third kappa shape index (κ3) is 6.80. The van der Waals surface area contributed by atoms with Crippen LogP contribution in [-0.4, -0.2) is 34.5 Å². The predicted molar refractivity (Wildman–Crippen MR) is 57.3 cm³/mol. The van der Waals surface area contributed by atoms with Gasteiger partial charge < -0.3 is 10.4 Å². The topological polar surface area (TPSA) is 90.2 Å². The number of nitrogens with one attached hydrogen (secondary N) is 1. The maximum Gasteiger partial charge on any atom is 0.327 e. The summed E-state index contributed by atoms with van der Waals surface area (Å²) in [6.45, 7) is 3.04. The molecule has 0 heterocycles. The number of carboxylic acid groups (broad SMARTS) is 1. The molecule has 0 aliphatic rings. The number of nitriles is 1. The number of thioether (sulfide) groups is 1. The van der Waals surface area contributed by atoms with Crippen LogP contribution in [0.1, 0.15) is 13.8 Å². The molecule has 0 aliphatic carbocycles. The van der Waals surface area contributed by atoms with E-state index in [1.165, 1.54) is 18.7 Å². The zero-order valence-corrected chi connectivity index (χ0v) is 9.50. The fourth-order valence-corrected chi connectivity index (χ4v) is 1.85. The molecule has 0 aliphatic heterocycles. The van der Waals surface area contributed by atoms with Gasteiger partial charge in [-0.15, -0.1) is 0 Å². The van der Waals surface area contributed by atoms with Gasteiger partial charge in [-0.25, -0.2) is 4.79 Å². The van der Waals surface area contributed by atoms with Crippen molar-refractivity contribution in [2.45, 2.75) is 19.9 Å². The Kier molecular flexibility index (Phi) is 6.54. The van der Waals surface area contributed by atoms with E-state index in [9.17, 15) is 9.59 Å². The Balaban J connectivity index is 3.93. The van der Waals surface area contributed by atoms with Gasteiger partial charge in [-0.3, -0.25) is 4.79 Å². The van der Waals surface area contributed by atoms with Crippen molar-refractivity contribution in [3.8, 4) is 6.07 Å². The van der Waals surface area contributed by atoms with Gasteiger partial charge in [-0.2, -0.15) is 17.0 Å². The molecular formula is C9H14N2O3S. The second kappa shape index (κ2) is 7.12. The monoisotopic (exact) mass is 230 g/mol. The van der Waals surface area contributed by atoms with Gasteiger partial charge in [0.15, 0.2) is 0 Å². The fraction of sp³-hybridized carbons (Fsp3) is 0.667. The van der Waals surface area contributed by atoms with E-state index in [1.807, 2.05) is 0 Å². The first-order valence-electron chi connectivity index (χ1n) is 4.44. The Morgan fingerprint density at radius 3 is 2.53 bits per heavy atom. The number of hydrogen-bond acceptors (Lipinski definition) is 4. The molecule has 0 radical (unpaired) electrons. The van der Waals surface area contributed by atoms with Gasteiger partial charge in [0, 0.05) is 18.4 Å². The maximum absolute atomic E-state index is 10.7. The minimum atomic E-state index is -1.05. The number of carboxylic acids is 1. The molecule has 6 heteroatoms. The molecule has 1 unspecified atom stereocenters. The Bertz CT molecular complexity index is 275. The van der Waals surface area contributed by atoms with E-state index in [0.29, 0.717) is 5.75 Å². The lowest BCUT2D eigenvalue weighted by Crippen LogP contribution is -2.41. The summed E-state index contributed by atoms with van der Waals surface area (Å²) < 4.78 is 0. The molecule has 0 aromatic heterocycles. The SMILES string of the molecule is CC(=O)N[C@@H](CSCC(C)C#N)C(=O)O. The molecule has 0 saturated carbocycles. The number of carbonyl (C=O) groups excluding carboxylic acids is 1. The van der Waals surface area contributed by atoms with E-state index in [2.05, 4.69) is 11.4 Å². The molecule has 1 amide bonds. The lowest BCUT2D eigenvalue weighted by molar-refractivity contribution is -0.140. The van der Waals surface area contributed by atoms with Crippen molar-refractivity contribution in [2.24, 2.45) is 5.92 Å². The zero-order valence-electron chi connectivity index (χ0n) is 8.69. The van der Waals surface area contributed by atoms with Crippen LogP contribution in [0.15, 0.2) is 0 Å². The summed E-state index contributed by atoms with van der Waals surface area (Å²) in [5.41, 5.74) is 0. The summed E-state index contributed by atoms with van der Waals surface area (Å²) in [5, 5.41) is 19.6. The average molecular weight is 230 g/mol. The minimum absolute atomic E-state index is 0.109. The molecule has 5 nitrogen and oxygen atoms in total. The van der Waals surface area contributed by atoms with Crippen molar-refractivity contribution < 1.29 is 14.7 Å². The molecule has 2 atom stereocenters. The molecule has 0 aromatic rings. The second-order valence-corrected chi connectivity index (χ2v) is 4.23. The normalized spacial score (nSPS) is 13.7. The van der Waals surface area contributed by atoms with Crippen LogP contribution in [0, 0.1) is 17.2 Å². The molecule has 0 bridgehead atoms. The maximum atomic E-state index is 10.7. The lowest BCUT2D eigenvalue weighted by atomic mass is 10.3. The fourth-order valence-electron chi connectivity index (χ4n) is 0.820. The quantitative estimate of drug-likeness (QED) is 0.692. The van der Waals surface area contributed by atoms with Gasteiger partial charge in [0.2, 0.25) is 5.91 Å². The molecule has 2 N–H and O–H groups in total. The molecule has 0 aromatic carbocycles. The van der Waals surface area contributed by atoms with Crippen molar-refractivity contribution in [3.63, 3.8) is 0 Å². The first-order valence-corrected chi connectivity index (χ1v) is 5.60. The Hall–Kier alpha value is -1.22. The third-order valence-electron chi connectivity index (χ3n) is 1.55.